The highest BCUT2D eigenvalue weighted by Gasteiger charge is 2.33. The molecule has 2 amide bonds. The summed E-state index contributed by atoms with van der Waals surface area (Å²) in [5, 5.41) is 6.65. The molecule has 1 atom stereocenters. The second-order valence-electron chi connectivity index (χ2n) is 5.87. The Balaban J connectivity index is 1.56. The van der Waals surface area contributed by atoms with E-state index in [2.05, 4.69) is 15.5 Å². The summed E-state index contributed by atoms with van der Waals surface area (Å²) in [4.78, 5) is 18.0. The van der Waals surface area contributed by atoms with Crippen molar-refractivity contribution >= 4 is 6.03 Å². The number of carbonyl (C=O) groups excluding carboxylic acids is 1. The number of hydrogen-bond acceptors (Lipinski definition) is 5. The monoisotopic (exact) mass is 330 g/mol. The molecule has 1 N–H and O–H groups in total. The third-order valence-corrected chi connectivity index (χ3v) is 4.08. The van der Waals surface area contributed by atoms with Crippen LogP contribution in [0.15, 0.2) is 28.8 Å². The van der Waals surface area contributed by atoms with Crippen molar-refractivity contribution in [1.82, 2.24) is 20.4 Å². The molecular formula is C17H22N4O3. The van der Waals surface area contributed by atoms with E-state index in [1.54, 1.807) is 11.9 Å². The molecule has 1 aliphatic rings. The van der Waals surface area contributed by atoms with Gasteiger partial charge in [-0.2, -0.15) is 4.98 Å². The van der Waals surface area contributed by atoms with Crippen LogP contribution in [-0.4, -0.2) is 41.3 Å². The van der Waals surface area contributed by atoms with Crippen LogP contribution in [0.25, 0.3) is 0 Å². The first-order valence-electron chi connectivity index (χ1n) is 8.17. The van der Waals surface area contributed by atoms with Crippen molar-refractivity contribution in [2.75, 3.05) is 20.2 Å². The number of hydrogen-bond donors (Lipinski definition) is 1. The van der Waals surface area contributed by atoms with Gasteiger partial charge in [0.05, 0.1) is 6.61 Å². The molecule has 7 heteroatoms. The molecule has 1 unspecified atom stereocenters. The average molecular weight is 330 g/mol. The molecule has 128 valence electrons. The highest BCUT2D eigenvalue weighted by Crippen LogP contribution is 2.30. The highest BCUT2D eigenvalue weighted by molar-refractivity contribution is 5.74. The number of nitrogens with zero attached hydrogens (tertiary/aromatic N) is 3. The average Bonchev–Trinajstić information content (AvgIpc) is 3.23. The molecule has 1 aliphatic heterocycles. The lowest BCUT2D eigenvalue weighted by Gasteiger charge is -2.20. The minimum atomic E-state index is -0.135. The van der Waals surface area contributed by atoms with Crippen molar-refractivity contribution in [3.05, 3.63) is 41.5 Å². The van der Waals surface area contributed by atoms with Crippen LogP contribution in [0.5, 0.6) is 5.75 Å². The number of aryl methyl sites for hydroxylation is 1. The van der Waals surface area contributed by atoms with E-state index >= 15 is 0 Å². The standard InChI is InChI=1S/C17H22N4O3/c1-12-5-3-6-13(11-12)23-10-8-15-19-16(24-20-15)14-7-4-9-21(14)17(22)18-2/h3,5-6,11,14H,4,7-10H2,1-2H3,(H,18,22). The van der Waals surface area contributed by atoms with Crippen LogP contribution in [-0.2, 0) is 6.42 Å². The fourth-order valence-electron chi connectivity index (χ4n) is 2.88. The Morgan fingerprint density at radius 1 is 1.50 bits per heavy atom. The maximum Gasteiger partial charge on any atom is 0.317 e. The van der Waals surface area contributed by atoms with E-state index in [0.29, 0.717) is 31.3 Å². The number of rotatable bonds is 5. The first kappa shape index (κ1) is 16.3. The number of urea groups is 1. The Morgan fingerprint density at radius 2 is 2.38 bits per heavy atom. The van der Waals surface area contributed by atoms with E-state index in [0.717, 1.165) is 24.2 Å². The zero-order valence-corrected chi connectivity index (χ0v) is 14.0. The summed E-state index contributed by atoms with van der Waals surface area (Å²) in [6, 6.07) is 7.65. The number of aromatic nitrogens is 2. The van der Waals surface area contributed by atoms with E-state index in [1.807, 2.05) is 31.2 Å². The van der Waals surface area contributed by atoms with E-state index in [4.69, 9.17) is 9.26 Å². The third-order valence-electron chi connectivity index (χ3n) is 4.08. The highest BCUT2D eigenvalue weighted by atomic mass is 16.5. The molecule has 0 aliphatic carbocycles. The van der Waals surface area contributed by atoms with Crippen molar-refractivity contribution in [2.24, 2.45) is 0 Å². The molecule has 1 aromatic carbocycles. The Labute approximate surface area is 141 Å². The SMILES string of the molecule is CNC(=O)N1CCCC1c1nc(CCOc2cccc(C)c2)no1. The van der Waals surface area contributed by atoms with Crippen LogP contribution < -0.4 is 10.1 Å². The predicted molar refractivity (Wildman–Crippen MR) is 87.8 cm³/mol. The van der Waals surface area contributed by atoms with Crippen molar-refractivity contribution < 1.29 is 14.1 Å². The van der Waals surface area contributed by atoms with E-state index in [-0.39, 0.29) is 12.1 Å². The van der Waals surface area contributed by atoms with Gasteiger partial charge in [-0.15, -0.1) is 0 Å². The van der Waals surface area contributed by atoms with Crippen molar-refractivity contribution in [3.63, 3.8) is 0 Å². The van der Waals surface area contributed by atoms with Gasteiger partial charge >= 0.3 is 6.03 Å². The summed E-state index contributed by atoms with van der Waals surface area (Å²) in [5.74, 6) is 1.93. The molecule has 1 saturated heterocycles. The normalized spacial score (nSPS) is 17.1. The molecule has 7 nitrogen and oxygen atoms in total. The molecule has 2 aromatic rings. The molecule has 3 rings (SSSR count). The summed E-state index contributed by atoms with van der Waals surface area (Å²) >= 11 is 0. The van der Waals surface area contributed by atoms with Crippen molar-refractivity contribution in [2.45, 2.75) is 32.2 Å². The summed E-state index contributed by atoms with van der Waals surface area (Å²) < 4.78 is 11.1. The summed E-state index contributed by atoms with van der Waals surface area (Å²) in [6.45, 7) is 3.21. The van der Waals surface area contributed by atoms with Crippen molar-refractivity contribution in [3.8, 4) is 5.75 Å². The van der Waals surface area contributed by atoms with Gasteiger partial charge in [-0.25, -0.2) is 4.79 Å². The maximum atomic E-state index is 11.9. The first-order chi connectivity index (χ1) is 11.7. The van der Waals surface area contributed by atoms with Gasteiger partial charge in [0, 0.05) is 20.0 Å². The zero-order valence-electron chi connectivity index (χ0n) is 14.0. The fourth-order valence-corrected chi connectivity index (χ4v) is 2.88. The molecule has 0 spiro atoms. The molecule has 24 heavy (non-hydrogen) atoms. The molecule has 0 bridgehead atoms. The van der Waals surface area contributed by atoms with Gasteiger partial charge in [0.1, 0.15) is 11.8 Å². The smallest absolute Gasteiger partial charge is 0.317 e. The number of amides is 2. The van der Waals surface area contributed by atoms with Gasteiger partial charge in [-0.3, -0.25) is 0 Å². The van der Waals surface area contributed by atoms with Gasteiger partial charge < -0.3 is 19.5 Å². The maximum absolute atomic E-state index is 11.9. The number of benzene rings is 1. The van der Waals surface area contributed by atoms with Gasteiger partial charge in [0.25, 0.3) is 0 Å². The van der Waals surface area contributed by atoms with Gasteiger partial charge in [-0.1, -0.05) is 17.3 Å². The lowest BCUT2D eigenvalue weighted by molar-refractivity contribution is 0.182. The minimum absolute atomic E-state index is 0.111. The Hall–Kier alpha value is -2.57. The molecule has 0 saturated carbocycles. The van der Waals surface area contributed by atoms with Gasteiger partial charge in [0.15, 0.2) is 5.82 Å². The van der Waals surface area contributed by atoms with Gasteiger partial charge in [0.2, 0.25) is 5.89 Å². The molecule has 1 aromatic heterocycles. The summed E-state index contributed by atoms with van der Waals surface area (Å²) in [6.07, 6.45) is 2.34. The van der Waals surface area contributed by atoms with Crippen LogP contribution in [0.2, 0.25) is 0 Å². The van der Waals surface area contributed by atoms with Crippen LogP contribution in [0, 0.1) is 6.92 Å². The second kappa shape index (κ2) is 7.33. The van der Waals surface area contributed by atoms with Crippen LogP contribution in [0.4, 0.5) is 4.79 Å². The van der Waals surface area contributed by atoms with Gasteiger partial charge in [-0.05, 0) is 37.5 Å². The molecule has 1 fully saturated rings. The lowest BCUT2D eigenvalue weighted by Crippen LogP contribution is -2.37. The number of nitrogens with one attached hydrogen (secondary N) is 1. The summed E-state index contributed by atoms with van der Waals surface area (Å²) in [5.41, 5.74) is 1.16. The van der Waals surface area contributed by atoms with Crippen molar-refractivity contribution in [1.29, 1.82) is 0 Å². The molecule has 0 radical (unpaired) electrons. The minimum Gasteiger partial charge on any atom is -0.493 e. The number of carbonyl (C=O) groups is 1. The predicted octanol–water partition coefficient (Wildman–Crippen LogP) is 2.48. The Bertz CT molecular complexity index is 701. The fraction of sp³-hybridized carbons (Fsp3) is 0.471. The van der Waals surface area contributed by atoms with E-state index < -0.39 is 0 Å². The van der Waals surface area contributed by atoms with E-state index in [9.17, 15) is 4.79 Å². The topological polar surface area (TPSA) is 80.5 Å². The third kappa shape index (κ3) is 3.67. The lowest BCUT2D eigenvalue weighted by atomic mass is 10.2. The first-order valence-corrected chi connectivity index (χ1v) is 8.17. The largest absolute Gasteiger partial charge is 0.493 e. The second-order valence-corrected chi connectivity index (χ2v) is 5.87. The van der Waals surface area contributed by atoms with Crippen LogP contribution >= 0.6 is 0 Å². The summed E-state index contributed by atoms with van der Waals surface area (Å²) in [7, 11) is 1.62. The Kier molecular flexibility index (Phi) is 4.98. The van der Waals surface area contributed by atoms with Crippen LogP contribution in [0.1, 0.15) is 36.2 Å². The number of ether oxygens (including phenoxy) is 1. The number of likely N-dealkylation sites (tertiary alicyclic amines) is 1. The van der Waals surface area contributed by atoms with E-state index in [1.165, 1.54) is 0 Å². The molecular weight excluding hydrogens is 308 g/mol. The Morgan fingerprint density at radius 3 is 3.17 bits per heavy atom. The van der Waals surface area contributed by atoms with Crippen LogP contribution in [0.3, 0.4) is 0 Å². The zero-order chi connectivity index (χ0) is 16.9. The quantitative estimate of drug-likeness (QED) is 0.911. The molecule has 2 heterocycles.